The third kappa shape index (κ3) is 3.85. The van der Waals surface area contributed by atoms with Gasteiger partial charge in [0.2, 0.25) is 0 Å². The molecule has 1 unspecified atom stereocenters. The average Bonchev–Trinajstić information content (AvgIpc) is 2.63. The molecule has 16 heavy (non-hydrogen) atoms. The summed E-state index contributed by atoms with van der Waals surface area (Å²) in [5, 5.41) is 0.0205. The molecule has 1 heterocycles. The number of methoxy groups -OCH3 is 1. The van der Waals surface area contributed by atoms with Crippen LogP contribution in [0, 0.1) is 0 Å². The molecule has 0 saturated carbocycles. The molecular weight excluding hydrogens is 298 g/mol. The van der Waals surface area contributed by atoms with Crippen molar-refractivity contribution in [3.8, 4) is 0 Å². The standard InChI is InChI=1S/C8H14BrN3O3S/c1-12-4-8(10-6-12)16(13,14)11-3-7(9)5-15-2/h4,6-7,11H,3,5H2,1-2H3. The van der Waals surface area contributed by atoms with E-state index in [0.29, 0.717) is 6.61 Å². The molecule has 1 aromatic heterocycles. The zero-order chi connectivity index (χ0) is 12.2. The maximum atomic E-state index is 11.7. The van der Waals surface area contributed by atoms with Crippen LogP contribution >= 0.6 is 15.9 Å². The Kier molecular flexibility index (Phi) is 4.90. The zero-order valence-electron chi connectivity index (χ0n) is 9.05. The van der Waals surface area contributed by atoms with Crippen LogP contribution in [0.25, 0.3) is 0 Å². The molecule has 8 heteroatoms. The zero-order valence-corrected chi connectivity index (χ0v) is 11.5. The second-order valence-corrected chi connectivity index (χ2v) is 6.29. The fourth-order valence-corrected chi connectivity index (χ4v) is 2.74. The normalized spacial score (nSPS) is 13.9. The Morgan fingerprint density at radius 3 is 2.88 bits per heavy atom. The number of aromatic nitrogens is 2. The number of halogens is 1. The third-order valence-electron chi connectivity index (χ3n) is 1.80. The SMILES string of the molecule is COCC(Br)CNS(=O)(=O)c1cn(C)cn1. The van der Waals surface area contributed by atoms with Crippen LogP contribution in [0.2, 0.25) is 0 Å². The van der Waals surface area contributed by atoms with Crippen molar-refractivity contribution in [3.05, 3.63) is 12.5 Å². The van der Waals surface area contributed by atoms with Gasteiger partial charge in [-0.1, -0.05) is 15.9 Å². The van der Waals surface area contributed by atoms with Crippen LogP contribution < -0.4 is 4.72 Å². The number of rotatable bonds is 6. The molecule has 0 spiro atoms. The molecule has 0 aromatic carbocycles. The van der Waals surface area contributed by atoms with Crippen LogP contribution in [0.4, 0.5) is 0 Å². The molecule has 0 radical (unpaired) electrons. The van der Waals surface area contributed by atoms with Crippen molar-refractivity contribution in [2.24, 2.45) is 7.05 Å². The lowest BCUT2D eigenvalue weighted by Crippen LogP contribution is -2.31. The van der Waals surface area contributed by atoms with Gasteiger partial charge in [0.1, 0.15) is 0 Å². The highest BCUT2D eigenvalue weighted by molar-refractivity contribution is 9.09. The predicted molar refractivity (Wildman–Crippen MR) is 63.0 cm³/mol. The fourth-order valence-electron chi connectivity index (χ4n) is 1.04. The van der Waals surface area contributed by atoms with Gasteiger partial charge in [-0.15, -0.1) is 0 Å². The van der Waals surface area contributed by atoms with Crippen molar-refractivity contribution < 1.29 is 13.2 Å². The van der Waals surface area contributed by atoms with E-state index in [9.17, 15) is 8.42 Å². The minimum Gasteiger partial charge on any atom is -0.383 e. The topological polar surface area (TPSA) is 73.2 Å². The first-order chi connectivity index (χ1) is 7.45. The monoisotopic (exact) mass is 311 g/mol. The highest BCUT2D eigenvalue weighted by Crippen LogP contribution is 2.05. The number of imidazole rings is 1. The Balaban J connectivity index is 2.59. The number of ether oxygens (including phenoxy) is 1. The van der Waals surface area contributed by atoms with Crippen LogP contribution in [0.3, 0.4) is 0 Å². The van der Waals surface area contributed by atoms with Crippen molar-refractivity contribution in [3.63, 3.8) is 0 Å². The van der Waals surface area contributed by atoms with Gasteiger partial charge in [-0.3, -0.25) is 0 Å². The summed E-state index contributed by atoms with van der Waals surface area (Å²) >= 11 is 3.29. The van der Waals surface area contributed by atoms with Gasteiger partial charge in [-0.05, 0) is 0 Å². The van der Waals surface area contributed by atoms with Gasteiger partial charge in [0.05, 0.1) is 17.8 Å². The van der Waals surface area contributed by atoms with Crippen molar-refractivity contribution in [1.82, 2.24) is 14.3 Å². The Labute approximate surface area is 103 Å². The molecule has 0 saturated heterocycles. The molecular formula is C8H14BrN3O3S. The Bertz CT molecular complexity index is 431. The van der Waals surface area contributed by atoms with Gasteiger partial charge in [0, 0.05) is 26.9 Å². The van der Waals surface area contributed by atoms with Gasteiger partial charge >= 0.3 is 0 Å². The largest absolute Gasteiger partial charge is 0.383 e. The summed E-state index contributed by atoms with van der Waals surface area (Å²) in [6.45, 7) is 0.692. The first-order valence-electron chi connectivity index (χ1n) is 4.56. The van der Waals surface area contributed by atoms with Crippen molar-refractivity contribution in [2.45, 2.75) is 9.85 Å². The lowest BCUT2D eigenvalue weighted by Gasteiger charge is -2.09. The molecule has 1 N–H and O–H groups in total. The summed E-state index contributed by atoms with van der Waals surface area (Å²) in [6.07, 6.45) is 2.89. The number of alkyl halides is 1. The van der Waals surface area contributed by atoms with Gasteiger partial charge in [0.25, 0.3) is 10.0 Å². The Hall–Kier alpha value is -0.440. The average molecular weight is 312 g/mol. The van der Waals surface area contributed by atoms with Crippen LogP contribution in [-0.4, -0.2) is 43.1 Å². The van der Waals surface area contributed by atoms with E-state index >= 15 is 0 Å². The highest BCUT2D eigenvalue weighted by atomic mass is 79.9. The molecule has 0 bridgehead atoms. The number of aryl methyl sites for hydroxylation is 1. The van der Waals surface area contributed by atoms with Gasteiger partial charge in [-0.25, -0.2) is 18.1 Å². The van der Waals surface area contributed by atoms with E-state index in [1.807, 2.05) is 0 Å². The maximum Gasteiger partial charge on any atom is 0.259 e. The van der Waals surface area contributed by atoms with Gasteiger partial charge in [-0.2, -0.15) is 0 Å². The molecule has 6 nitrogen and oxygen atoms in total. The van der Waals surface area contributed by atoms with E-state index in [4.69, 9.17) is 4.74 Å². The van der Waals surface area contributed by atoms with Gasteiger partial charge in [0.15, 0.2) is 5.03 Å². The lowest BCUT2D eigenvalue weighted by molar-refractivity contribution is 0.201. The van der Waals surface area contributed by atoms with E-state index in [0.717, 1.165) is 0 Å². The summed E-state index contributed by atoms with van der Waals surface area (Å²) in [4.78, 5) is 3.72. The van der Waals surface area contributed by atoms with Crippen LogP contribution in [-0.2, 0) is 21.8 Å². The Morgan fingerprint density at radius 1 is 1.69 bits per heavy atom. The highest BCUT2D eigenvalue weighted by Gasteiger charge is 2.17. The number of nitrogens with zero attached hydrogens (tertiary/aromatic N) is 2. The van der Waals surface area contributed by atoms with Crippen molar-refractivity contribution in [1.29, 1.82) is 0 Å². The number of sulfonamides is 1. The number of hydrogen-bond acceptors (Lipinski definition) is 4. The minimum absolute atomic E-state index is 0.0205. The van der Waals surface area contributed by atoms with Crippen LogP contribution in [0.5, 0.6) is 0 Å². The third-order valence-corrected chi connectivity index (χ3v) is 3.70. The van der Waals surface area contributed by atoms with Gasteiger partial charge < -0.3 is 9.30 Å². The summed E-state index contributed by atoms with van der Waals surface area (Å²) < 4.78 is 32.3. The summed E-state index contributed by atoms with van der Waals surface area (Å²) in [5.41, 5.74) is 0. The molecule has 0 aliphatic heterocycles. The van der Waals surface area contributed by atoms with E-state index in [2.05, 4.69) is 25.6 Å². The first kappa shape index (κ1) is 13.6. The minimum atomic E-state index is -3.52. The quantitative estimate of drug-likeness (QED) is 0.757. The lowest BCUT2D eigenvalue weighted by atomic mass is 10.5. The summed E-state index contributed by atoms with van der Waals surface area (Å²) in [6, 6.07) is 0. The second kappa shape index (κ2) is 5.76. The van der Waals surface area contributed by atoms with E-state index in [-0.39, 0.29) is 16.4 Å². The van der Waals surface area contributed by atoms with E-state index in [1.54, 1.807) is 18.7 Å². The van der Waals surface area contributed by atoms with Crippen LogP contribution in [0.15, 0.2) is 17.6 Å². The molecule has 0 aliphatic carbocycles. The second-order valence-electron chi connectivity index (χ2n) is 3.28. The summed E-state index contributed by atoms with van der Waals surface area (Å²) in [7, 11) is -0.251. The fraction of sp³-hybridized carbons (Fsp3) is 0.625. The van der Waals surface area contributed by atoms with Crippen molar-refractivity contribution in [2.75, 3.05) is 20.3 Å². The van der Waals surface area contributed by atoms with E-state index < -0.39 is 10.0 Å². The van der Waals surface area contributed by atoms with Crippen LogP contribution in [0.1, 0.15) is 0 Å². The molecule has 0 amide bonds. The number of hydrogen-bond donors (Lipinski definition) is 1. The maximum absolute atomic E-state index is 11.7. The number of nitrogens with one attached hydrogen (secondary N) is 1. The first-order valence-corrected chi connectivity index (χ1v) is 6.96. The predicted octanol–water partition coefficient (Wildman–Crippen LogP) is 0.108. The molecule has 1 atom stereocenters. The molecule has 0 fully saturated rings. The Morgan fingerprint density at radius 2 is 2.38 bits per heavy atom. The molecule has 1 aromatic rings. The van der Waals surface area contributed by atoms with Crippen molar-refractivity contribution >= 4 is 26.0 Å². The smallest absolute Gasteiger partial charge is 0.259 e. The molecule has 92 valence electrons. The molecule has 1 rings (SSSR count). The molecule has 0 aliphatic rings. The van der Waals surface area contributed by atoms with E-state index in [1.165, 1.54) is 12.5 Å². The summed E-state index contributed by atoms with van der Waals surface area (Å²) in [5.74, 6) is 0.